The van der Waals surface area contributed by atoms with Gasteiger partial charge in [0.25, 0.3) is 0 Å². The van der Waals surface area contributed by atoms with E-state index < -0.39 is 0 Å². The van der Waals surface area contributed by atoms with Gasteiger partial charge in [0.05, 0.1) is 24.2 Å². The van der Waals surface area contributed by atoms with Gasteiger partial charge in [0, 0.05) is 19.0 Å². The SMILES string of the molecule is CC(O)C1CCCN(C(=O)C2CC3CCC2O3)C1. The fourth-order valence-electron chi connectivity index (χ4n) is 3.74. The summed E-state index contributed by atoms with van der Waals surface area (Å²) in [4.78, 5) is 14.5. The van der Waals surface area contributed by atoms with E-state index in [1.165, 1.54) is 0 Å². The van der Waals surface area contributed by atoms with E-state index in [-0.39, 0.29) is 30.0 Å². The zero-order chi connectivity index (χ0) is 12.7. The van der Waals surface area contributed by atoms with E-state index in [0.29, 0.717) is 6.10 Å². The lowest BCUT2D eigenvalue weighted by atomic mass is 9.86. The minimum absolute atomic E-state index is 0.0940. The van der Waals surface area contributed by atoms with Crippen molar-refractivity contribution in [1.82, 2.24) is 4.90 Å². The first kappa shape index (κ1) is 12.4. The largest absolute Gasteiger partial charge is 0.393 e. The Bertz CT molecular complexity index is 331. The second-order valence-corrected chi connectivity index (χ2v) is 6.14. The number of hydrogen-bond acceptors (Lipinski definition) is 3. The molecule has 3 rings (SSSR count). The molecule has 0 aromatic heterocycles. The van der Waals surface area contributed by atoms with Crippen LogP contribution in [0.5, 0.6) is 0 Å². The molecule has 102 valence electrons. The van der Waals surface area contributed by atoms with E-state index in [1.807, 2.05) is 11.8 Å². The summed E-state index contributed by atoms with van der Waals surface area (Å²) in [5.41, 5.74) is 0. The van der Waals surface area contributed by atoms with Crippen LogP contribution < -0.4 is 0 Å². The number of rotatable bonds is 2. The van der Waals surface area contributed by atoms with E-state index in [1.54, 1.807) is 0 Å². The molecule has 3 aliphatic rings. The molecule has 1 N–H and O–H groups in total. The van der Waals surface area contributed by atoms with Gasteiger partial charge >= 0.3 is 0 Å². The monoisotopic (exact) mass is 253 g/mol. The Hall–Kier alpha value is -0.610. The molecule has 4 nitrogen and oxygen atoms in total. The lowest BCUT2D eigenvalue weighted by molar-refractivity contribution is -0.139. The predicted octanol–water partition coefficient (Wildman–Crippen LogP) is 1.17. The first-order valence-electron chi connectivity index (χ1n) is 7.27. The van der Waals surface area contributed by atoms with Gasteiger partial charge in [0.2, 0.25) is 5.91 Å². The zero-order valence-corrected chi connectivity index (χ0v) is 11.0. The van der Waals surface area contributed by atoms with Gasteiger partial charge in [0.1, 0.15) is 0 Å². The van der Waals surface area contributed by atoms with Crippen molar-refractivity contribution >= 4 is 5.91 Å². The van der Waals surface area contributed by atoms with Gasteiger partial charge < -0.3 is 14.7 Å². The fourth-order valence-corrected chi connectivity index (χ4v) is 3.74. The van der Waals surface area contributed by atoms with Crippen LogP contribution in [0, 0.1) is 11.8 Å². The molecule has 0 saturated carbocycles. The Balaban J connectivity index is 1.62. The lowest BCUT2D eigenvalue weighted by Crippen LogP contribution is -2.47. The van der Waals surface area contributed by atoms with Crippen LogP contribution in [0.1, 0.15) is 39.0 Å². The predicted molar refractivity (Wildman–Crippen MR) is 67.0 cm³/mol. The number of ether oxygens (including phenoxy) is 1. The maximum atomic E-state index is 12.5. The number of carbonyl (C=O) groups excluding carboxylic acids is 1. The molecule has 3 fully saturated rings. The van der Waals surface area contributed by atoms with Crippen LogP contribution in [0.25, 0.3) is 0 Å². The second kappa shape index (κ2) is 4.82. The van der Waals surface area contributed by atoms with Crippen LogP contribution in [0.15, 0.2) is 0 Å². The maximum Gasteiger partial charge on any atom is 0.228 e. The van der Waals surface area contributed by atoms with Crippen molar-refractivity contribution < 1.29 is 14.6 Å². The average molecular weight is 253 g/mol. The van der Waals surface area contributed by atoms with E-state index >= 15 is 0 Å². The molecule has 0 aliphatic carbocycles. The summed E-state index contributed by atoms with van der Waals surface area (Å²) < 4.78 is 5.77. The highest BCUT2D eigenvalue weighted by Crippen LogP contribution is 2.40. The quantitative estimate of drug-likeness (QED) is 0.804. The summed E-state index contributed by atoms with van der Waals surface area (Å²) in [6.07, 6.45) is 5.35. The number of amides is 1. The third-order valence-corrected chi connectivity index (χ3v) is 4.87. The smallest absolute Gasteiger partial charge is 0.228 e. The van der Waals surface area contributed by atoms with Crippen molar-refractivity contribution in [2.45, 2.75) is 57.3 Å². The summed E-state index contributed by atoms with van der Waals surface area (Å²) in [6, 6.07) is 0. The van der Waals surface area contributed by atoms with Gasteiger partial charge in [-0.25, -0.2) is 0 Å². The van der Waals surface area contributed by atoms with Gasteiger partial charge in [-0.2, -0.15) is 0 Å². The molecular weight excluding hydrogens is 230 g/mol. The number of likely N-dealkylation sites (tertiary alicyclic amines) is 1. The Morgan fingerprint density at radius 3 is 2.83 bits per heavy atom. The Morgan fingerprint density at radius 2 is 2.22 bits per heavy atom. The molecule has 5 atom stereocenters. The molecule has 0 spiro atoms. The third-order valence-electron chi connectivity index (χ3n) is 4.87. The van der Waals surface area contributed by atoms with Crippen molar-refractivity contribution in [3.63, 3.8) is 0 Å². The summed E-state index contributed by atoms with van der Waals surface area (Å²) in [5, 5.41) is 9.68. The summed E-state index contributed by atoms with van der Waals surface area (Å²) in [5.74, 6) is 0.617. The number of aliphatic hydroxyl groups excluding tert-OH is 1. The first-order valence-corrected chi connectivity index (χ1v) is 7.27. The summed E-state index contributed by atoms with van der Waals surface area (Å²) >= 11 is 0. The molecule has 4 heteroatoms. The van der Waals surface area contributed by atoms with Gasteiger partial charge in [0.15, 0.2) is 0 Å². The molecule has 0 radical (unpaired) electrons. The molecule has 3 saturated heterocycles. The molecule has 1 amide bonds. The van der Waals surface area contributed by atoms with Gasteiger partial charge in [-0.1, -0.05) is 0 Å². The van der Waals surface area contributed by atoms with Crippen molar-refractivity contribution in [3.05, 3.63) is 0 Å². The Labute approximate surface area is 108 Å². The number of fused-ring (bicyclic) bond motifs is 2. The highest BCUT2D eigenvalue weighted by molar-refractivity contribution is 5.80. The van der Waals surface area contributed by atoms with Crippen LogP contribution in [0.2, 0.25) is 0 Å². The van der Waals surface area contributed by atoms with E-state index in [2.05, 4.69) is 0 Å². The summed E-state index contributed by atoms with van der Waals surface area (Å²) in [6.45, 7) is 3.42. The van der Waals surface area contributed by atoms with Crippen LogP contribution in [-0.4, -0.2) is 47.3 Å². The standard InChI is InChI=1S/C14H23NO3/c1-9(16)10-3-2-6-15(8-10)14(17)12-7-11-4-5-13(12)18-11/h9-13,16H,2-8H2,1H3. The van der Waals surface area contributed by atoms with E-state index in [9.17, 15) is 9.90 Å². The number of nitrogens with zero attached hydrogens (tertiary/aromatic N) is 1. The van der Waals surface area contributed by atoms with Crippen molar-refractivity contribution in [1.29, 1.82) is 0 Å². The van der Waals surface area contributed by atoms with Crippen LogP contribution >= 0.6 is 0 Å². The van der Waals surface area contributed by atoms with E-state index in [0.717, 1.165) is 45.2 Å². The van der Waals surface area contributed by atoms with Gasteiger partial charge in [-0.3, -0.25) is 4.79 Å². The topological polar surface area (TPSA) is 49.8 Å². The Morgan fingerprint density at radius 1 is 1.39 bits per heavy atom. The highest BCUT2D eigenvalue weighted by atomic mass is 16.5. The molecule has 2 bridgehead atoms. The van der Waals surface area contributed by atoms with Crippen molar-refractivity contribution in [2.24, 2.45) is 11.8 Å². The van der Waals surface area contributed by atoms with Crippen molar-refractivity contribution in [2.75, 3.05) is 13.1 Å². The average Bonchev–Trinajstić information content (AvgIpc) is 3.00. The fraction of sp³-hybridized carbons (Fsp3) is 0.929. The van der Waals surface area contributed by atoms with Crippen LogP contribution in [-0.2, 0) is 9.53 Å². The molecule has 0 aromatic carbocycles. The number of carbonyl (C=O) groups is 1. The second-order valence-electron chi connectivity index (χ2n) is 6.14. The number of hydrogen-bond donors (Lipinski definition) is 1. The molecule has 0 aromatic rings. The van der Waals surface area contributed by atoms with Gasteiger partial charge in [-0.05, 0) is 39.0 Å². The van der Waals surface area contributed by atoms with Crippen molar-refractivity contribution in [3.8, 4) is 0 Å². The maximum absolute atomic E-state index is 12.5. The number of piperidine rings is 1. The highest BCUT2D eigenvalue weighted by Gasteiger charge is 2.46. The van der Waals surface area contributed by atoms with Gasteiger partial charge in [-0.15, -0.1) is 0 Å². The Kier molecular flexibility index (Phi) is 3.32. The molecule has 3 aliphatic heterocycles. The molecular formula is C14H23NO3. The molecule has 3 heterocycles. The normalized spacial score (nSPS) is 41.1. The summed E-state index contributed by atoms with van der Waals surface area (Å²) in [7, 11) is 0. The lowest BCUT2D eigenvalue weighted by Gasteiger charge is -2.36. The van der Waals surface area contributed by atoms with Crippen LogP contribution in [0.3, 0.4) is 0 Å². The zero-order valence-electron chi connectivity index (χ0n) is 11.0. The third kappa shape index (κ3) is 2.16. The first-order chi connectivity index (χ1) is 8.65. The molecule has 5 unspecified atom stereocenters. The minimum Gasteiger partial charge on any atom is -0.393 e. The van der Waals surface area contributed by atoms with Crippen LogP contribution in [0.4, 0.5) is 0 Å². The minimum atomic E-state index is -0.308. The molecule has 18 heavy (non-hydrogen) atoms. The van der Waals surface area contributed by atoms with E-state index in [4.69, 9.17) is 4.74 Å². The number of aliphatic hydroxyl groups is 1.